The minimum absolute atomic E-state index is 0.277. The Morgan fingerprint density at radius 2 is 1.65 bits per heavy atom. The maximum atomic E-state index is 13.7. The van der Waals surface area contributed by atoms with Gasteiger partial charge in [0.1, 0.15) is 23.9 Å². The topological polar surface area (TPSA) is 97.0 Å². The van der Waals surface area contributed by atoms with Crippen LogP contribution in [0.1, 0.15) is 70.5 Å². The number of anilines is 1. The number of carbonyl (C=O) groups excluding carboxylic acids is 3. The molecule has 37 heavy (non-hydrogen) atoms. The summed E-state index contributed by atoms with van der Waals surface area (Å²) in [5.74, 6) is -0.0181. The lowest BCUT2D eigenvalue weighted by Crippen LogP contribution is -2.47. The van der Waals surface area contributed by atoms with Crippen LogP contribution in [0.2, 0.25) is 0 Å². The summed E-state index contributed by atoms with van der Waals surface area (Å²) in [7, 11) is 1.58. The number of hydrogen-bond donors (Lipinski definition) is 2. The van der Waals surface area contributed by atoms with Crippen molar-refractivity contribution in [2.45, 2.75) is 71.9 Å². The second-order valence-electron chi connectivity index (χ2n) is 9.98. The van der Waals surface area contributed by atoms with Gasteiger partial charge in [0, 0.05) is 12.2 Å². The maximum absolute atomic E-state index is 13.7. The molecule has 8 heteroatoms. The Balaban J connectivity index is 2.35. The first-order valence-corrected chi connectivity index (χ1v) is 12.8. The number of amides is 3. The van der Waals surface area contributed by atoms with Crippen LogP contribution in [0.3, 0.4) is 0 Å². The zero-order valence-corrected chi connectivity index (χ0v) is 22.9. The van der Waals surface area contributed by atoms with Crippen molar-refractivity contribution in [3.63, 3.8) is 0 Å². The smallest absolute Gasteiger partial charge is 0.408 e. The fourth-order valence-electron chi connectivity index (χ4n) is 3.90. The molecule has 2 aromatic rings. The molecule has 0 aliphatic carbocycles. The highest BCUT2D eigenvalue weighted by Gasteiger charge is 2.32. The van der Waals surface area contributed by atoms with Crippen molar-refractivity contribution < 1.29 is 23.9 Å². The Hall–Kier alpha value is -3.55. The van der Waals surface area contributed by atoms with Gasteiger partial charge in [-0.25, -0.2) is 4.79 Å². The maximum Gasteiger partial charge on any atom is 0.408 e. The highest BCUT2D eigenvalue weighted by atomic mass is 16.6. The molecule has 0 aliphatic rings. The van der Waals surface area contributed by atoms with Gasteiger partial charge in [-0.3, -0.25) is 9.59 Å². The number of ether oxygens (including phenoxy) is 2. The number of methoxy groups -OCH3 is 1. The molecular weight excluding hydrogens is 470 g/mol. The van der Waals surface area contributed by atoms with E-state index in [9.17, 15) is 14.4 Å². The molecule has 0 radical (unpaired) electrons. The zero-order chi connectivity index (χ0) is 27.4. The van der Waals surface area contributed by atoms with Gasteiger partial charge >= 0.3 is 6.09 Å². The molecule has 2 N–H and O–H groups in total. The molecule has 0 heterocycles. The standard InChI is InChI=1S/C29H41N3O5/c1-7-8-9-12-19-32(25(33)20-30-28(35)37-29(3,4)5)26(24-14-11-10-13-21(24)2)27(34)31-22-15-17-23(36-6)18-16-22/h10-11,13-18,26H,7-9,12,19-20H2,1-6H3,(H,30,35)(H,31,34). The quantitative estimate of drug-likeness (QED) is 0.361. The lowest BCUT2D eigenvalue weighted by molar-refractivity contribution is -0.138. The van der Waals surface area contributed by atoms with E-state index in [1.807, 2.05) is 31.2 Å². The number of alkyl carbamates (subject to hydrolysis) is 1. The van der Waals surface area contributed by atoms with Crippen LogP contribution in [-0.4, -0.2) is 48.6 Å². The van der Waals surface area contributed by atoms with E-state index in [4.69, 9.17) is 9.47 Å². The van der Waals surface area contributed by atoms with Gasteiger partial charge in [-0.05, 0) is 69.5 Å². The van der Waals surface area contributed by atoms with Gasteiger partial charge in [0.2, 0.25) is 5.91 Å². The average Bonchev–Trinajstić information content (AvgIpc) is 2.84. The number of aryl methyl sites for hydroxylation is 1. The van der Waals surface area contributed by atoms with Gasteiger partial charge in [-0.1, -0.05) is 50.5 Å². The molecule has 2 aromatic carbocycles. The molecule has 2 rings (SSSR count). The Kier molecular flexibility index (Phi) is 11.4. The third kappa shape index (κ3) is 9.79. The highest BCUT2D eigenvalue weighted by Crippen LogP contribution is 2.27. The van der Waals surface area contributed by atoms with Crippen LogP contribution in [0.15, 0.2) is 48.5 Å². The SMILES string of the molecule is CCCCCCN(C(=O)CNC(=O)OC(C)(C)C)C(C(=O)Nc1ccc(OC)cc1)c1ccccc1C. The molecule has 0 saturated heterocycles. The number of benzene rings is 2. The van der Waals surface area contributed by atoms with E-state index in [1.54, 1.807) is 57.0 Å². The van der Waals surface area contributed by atoms with Gasteiger partial charge in [0.25, 0.3) is 5.91 Å². The third-order valence-corrected chi connectivity index (χ3v) is 5.76. The minimum Gasteiger partial charge on any atom is -0.497 e. The summed E-state index contributed by atoms with van der Waals surface area (Å²) < 4.78 is 10.5. The number of rotatable bonds is 12. The lowest BCUT2D eigenvalue weighted by atomic mass is 9.98. The summed E-state index contributed by atoms with van der Waals surface area (Å²) in [6.45, 7) is 9.41. The molecular formula is C29H41N3O5. The van der Waals surface area contributed by atoms with E-state index in [-0.39, 0.29) is 18.4 Å². The third-order valence-electron chi connectivity index (χ3n) is 5.76. The summed E-state index contributed by atoms with van der Waals surface area (Å²) in [4.78, 5) is 41.0. The fraction of sp³-hybridized carbons (Fsp3) is 0.483. The lowest BCUT2D eigenvalue weighted by Gasteiger charge is -2.32. The molecule has 8 nitrogen and oxygen atoms in total. The summed E-state index contributed by atoms with van der Waals surface area (Å²) in [5, 5.41) is 5.50. The van der Waals surface area contributed by atoms with Crippen LogP contribution in [-0.2, 0) is 14.3 Å². The number of carbonyl (C=O) groups is 3. The molecule has 1 atom stereocenters. The average molecular weight is 512 g/mol. The van der Waals surface area contributed by atoms with Crippen molar-refractivity contribution in [1.82, 2.24) is 10.2 Å². The second-order valence-corrected chi connectivity index (χ2v) is 9.98. The Bertz CT molecular complexity index is 1030. The van der Waals surface area contributed by atoms with Crippen LogP contribution in [0, 0.1) is 6.92 Å². The fourth-order valence-corrected chi connectivity index (χ4v) is 3.90. The number of unbranched alkanes of at least 4 members (excludes halogenated alkanes) is 3. The normalized spacial score (nSPS) is 11.8. The van der Waals surface area contributed by atoms with E-state index in [0.717, 1.165) is 36.8 Å². The first-order chi connectivity index (χ1) is 17.6. The second kappa shape index (κ2) is 14.3. The number of nitrogens with zero attached hydrogens (tertiary/aromatic N) is 1. The first-order valence-electron chi connectivity index (χ1n) is 12.8. The van der Waals surface area contributed by atoms with Crippen molar-refractivity contribution in [3.8, 4) is 5.75 Å². The molecule has 0 saturated carbocycles. The predicted octanol–water partition coefficient (Wildman–Crippen LogP) is 5.62. The van der Waals surface area contributed by atoms with Crippen LogP contribution in [0.5, 0.6) is 5.75 Å². The number of hydrogen-bond acceptors (Lipinski definition) is 5. The predicted molar refractivity (Wildman–Crippen MR) is 146 cm³/mol. The highest BCUT2D eigenvalue weighted by molar-refractivity contribution is 5.98. The van der Waals surface area contributed by atoms with Crippen LogP contribution in [0.25, 0.3) is 0 Å². The largest absolute Gasteiger partial charge is 0.497 e. The molecule has 0 spiro atoms. The molecule has 0 fully saturated rings. The molecule has 0 aromatic heterocycles. The van der Waals surface area contributed by atoms with Crippen LogP contribution >= 0.6 is 0 Å². The van der Waals surface area contributed by atoms with Crippen LogP contribution < -0.4 is 15.4 Å². The summed E-state index contributed by atoms with van der Waals surface area (Å²) in [6, 6.07) is 13.7. The van der Waals surface area contributed by atoms with Crippen molar-refractivity contribution in [2.24, 2.45) is 0 Å². The Labute approximate surface area is 220 Å². The first kappa shape index (κ1) is 29.7. The van der Waals surface area contributed by atoms with E-state index in [0.29, 0.717) is 18.0 Å². The van der Waals surface area contributed by atoms with Crippen LogP contribution in [0.4, 0.5) is 10.5 Å². The Morgan fingerprint density at radius 3 is 2.24 bits per heavy atom. The van der Waals surface area contributed by atoms with E-state index < -0.39 is 17.7 Å². The van der Waals surface area contributed by atoms with Gasteiger partial charge in [0.05, 0.1) is 7.11 Å². The van der Waals surface area contributed by atoms with Gasteiger partial charge in [0.15, 0.2) is 0 Å². The van der Waals surface area contributed by atoms with E-state index in [2.05, 4.69) is 17.6 Å². The molecule has 0 aliphatic heterocycles. The summed E-state index contributed by atoms with van der Waals surface area (Å²) >= 11 is 0. The van der Waals surface area contributed by atoms with Crippen molar-refractivity contribution in [3.05, 3.63) is 59.7 Å². The summed E-state index contributed by atoms with van der Waals surface area (Å²) in [5.41, 5.74) is 1.53. The molecule has 1 unspecified atom stereocenters. The minimum atomic E-state index is -0.877. The van der Waals surface area contributed by atoms with E-state index >= 15 is 0 Å². The summed E-state index contributed by atoms with van der Waals surface area (Å²) in [6.07, 6.45) is 3.07. The van der Waals surface area contributed by atoms with Gasteiger partial charge in [-0.15, -0.1) is 0 Å². The monoisotopic (exact) mass is 511 g/mol. The van der Waals surface area contributed by atoms with Crippen molar-refractivity contribution in [2.75, 3.05) is 25.5 Å². The van der Waals surface area contributed by atoms with Crippen molar-refractivity contribution >= 4 is 23.6 Å². The van der Waals surface area contributed by atoms with Gasteiger partial charge in [-0.2, -0.15) is 0 Å². The Morgan fingerprint density at radius 1 is 0.973 bits per heavy atom. The van der Waals surface area contributed by atoms with Crippen molar-refractivity contribution in [1.29, 1.82) is 0 Å². The molecule has 0 bridgehead atoms. The molecule has 3 amide bonds. The van der Waals surface area contributed by atoms with Gasteiger partial charge < -0.3 is 25.0 Å². The molecule has 202 valence electrons. The van der Waals surface area contributed by atoms with E-state index in [1.165, 1.54) is 0 Å². The zero-order valence-electron chi connectivity index (χ0n) is 22.9. The number of nitrogens with one attached hydrogen (secondary N) is 2.